The van der Waals surface area contributed by atoms with Crippen LogP contribution in [0.1, 0.15) is 19.3 Å². The van der Waals surface area contributed by atoms with Gasteiger partial charge in [0, 0.05) is 48.4 Å². The minimum atomic E-state index is -0.951. The van der Waals surface area contributed by atoms with Crippen LogP contribution in [-0.2, 0) is 9.59 Å². The number of nitrogen functional groups attached to an aromatic ring is 1. The third kappa shape index (κ3) is 3.30. The molecular formula is C18H19N5O3. The number of nitrogens with one attached hydrogen (secondary N) is 1. The summed E-state index contributed by atoms with van der Waals surface area (Å²) in [6, 6.07) is 5.30. The molecule has 1 atom stereocenters. The number of benzene rings is 1. The Bertz CT molecular complexity index is 891. The summed E-state index contributed by atoms with van der Waals surface area (Å²) in [5, 5.41) is 20.5. The standard InChI is InChI=1S/C17H18N4O3.CHN/c18-13-7-11(21-4-3-14(22)17(21)24)5-10-6-15(19-8-12(10)13)20-16(23)9-1-2-9;1-2/h5-9,14,22H,1-4,18H2,(H,19,20,23);1H. The number of fused-ring (bicyclic) bond motifs is 1. The van der Waals surface area contributed by atoms with Crippen LogP contribution in [0.25, 0.3) is 10.8 Å². The van der Waals surface area contributed by atoms with Gasteiger partial charge in [-0.05, 0) is 36.4 Å². The number of aromatic nitrogens is 1. The second kappa shape index (κ2) is 6.98. The number of aliphatic hydroxyl groups excluding tert-OH is 1. The van der Waals surface area contributed by atoms with Crippen molar-refractivity contribution >= 4 is 39.8 Å². The molecule has 1 aliphatic carbocycles. The summed E-state index contributed by atoms with van der Waals surface area (Å²) in [5.74, 6) is 0.250. The van der Waals surface area contributed by atoms with Crippen molar-refractivity contribution in [2.24, 2.45) is 5.92 Å². The molecule has 2 amide bonds. The fraction of sp³-hybridized carbons (Fsp3) is 0.333. The number of nitriles is 1. The number of carbonyl (C=O) groups is 2. The number of hydrogen-bond acceptors (Lipinski definition) is 6. The minimum absolute atomic E-state index is 0.0104. The molecule has 0 spiro atoms. The minimum Gasteiger partial charge on any atom is -0.398 e. The summed E-state index contributed by atoms with van der Waals surface area (Å²) >= 11 is 0. The maximum absolute atomic E-state index is 12.0. The molecule has 4 N–H and O–H groups in total. The number of carbonyl (C=O) groups excluding carboxylic acids is 2. The molecule has 2 heterocycles. The Labute approximate surface area is 150 Å². The van der Waals surface area contributed by atoms with E-state index in [1.54, 1.807) is 18.3 Å². The van der Waals surface area contributed by atoms with E-state index in [-0.39, 0.29) is 17.7 Å². The average molecular weight is 353 g/mol. The molecule has 1 aliphatic heterocycles. The molecule has 4 rings (SSSR count). The molecule has 8 nitrogen and oxygen atoms in total. The van der Waals surface area contributed by atoms with Crippen LogP contribution in [0, 0.1) is 17.8 Å². The van der Waals surface area contributed by atoms with Crippen molar-refractivity contribution in [2.45, 2.75) is 25.4 Å². The number of nitrogens with two attached hydrogens (primary N) is 1. The van der Waals surface area contributed by atoms with Crippen LogP contribution < -0.4 is 16.0 Å². The average Bonchev–Trinajstić information content (AvgIpc) is 3.43. The maximum Gasteiger partial charge on any atom is 0.255 e. The smallest absolute Gasteiger partial charge is 0.255 e. The van der Waals surface area contributed by atoms with Gasteiger partial charge >= 0.3 is 0 Å². The first kappa shape index (κ1) is 17.6. The highest BCUT2D eigenvalue weighted by Gasteiger charge is 2.31. The molecule has 2 aliphatic rings. The topological polar surface area (TPSA) is 132 Å². The van der Waals surface area contributed by atoms with E-state index in [0.29, 0.717) is 30.2 Å². The highest BCUT2D eigenvalue weighted by atomic mass is 16.3. The van der Waals surface area contributed by atoms with E-state index in [0.717, 1.165) is 23.6 Å². The number of nitrogens with zero attached hydrogens (tertiary/aromatic N) is 3. The Balaban J connectivity index is 0.000000948. The Morgan fingerprint density at radius 3 is 2.65 bits per heavy atom. The summed E-state index contributed by atoms with van der Waals surface area (Å²) in [5.41, 5.74) is 7.24. The molecule has 2 aromatic rings. The van der Waals surface area contributed by atoms with Crippen LogP contribution in [0.3, 0.4) is 0 Å². The van der Waals surface area contributed by atoms with Crippen LogP contribution in [0.15, 0.2) is 24.4 Å². The predicted octanol–water partition coefficient (Wildman–Crippen LogP) is 1.40. The van der Waals surface area contributed by atoms with Gasteiger partial charge in [-0.15, -0.1) is 0 Å². The summed E-state index contributed by atoms with van der Waals surface area (Å²) in [6.07, 6.45) is 2.94. The van der Waals surface area contributed by atoms with E-state index in [1.165, 1.54) is 4.90 Å². The normalized spacial score (nSPS) is 19.1. The molecule has 1 unspecified atom stereocenters. The predicted molar refractivity (Wildman–Crippen MR) is 97.2 cm³/mol. The lowest BCUT2D eigenvalue weighted by Gasteiger charge is -2.18. The van der Waals surface area contributed by atoms with Gasteiger partial charge in [0.05, 0.1) is 0 Å². The first-order valence-corrected chi connectivity index (χ1v) is 8.28. The van der Waals surface area contributed by atoms with Crippen molar-refractivity contribution in [2.75, 3.05) is 22.5 Å². The van der Waals surface area contributed by atoms with Crippen molar-refractivity contribution in [1.29, 1.82) is 5.26 Å². The lowest BCUT2D eigenvalue weighted by Crippen LogP contribution is -2.29. The van der Waals surface area contributed by atoms with E-state index in [4.69, 9.17) is 11.0 Å². The van der Waals surface area contributed by atoms with Gasteiger partial charge in [0.1, 0.15) is 11.9 Å². The van der Waals surface area contributed by atoms with Gasteiger partial charge in [-0.25, -0.2) is 10.2 Å². The quantitative estimate of drug-likeness (QED) is 0.715. The highest BCUT2D eigenvalue weighted by Crippen LogP contribution is 2.33. The van der Waals surface area contributed by atoms with Crippen LogP contribution in [-0.4, -0.2) is 34.6 Å². The fourth-order valence-corrected chi connectivity index (χ4v) is 2.99. The largest absolute Gasteiger partial charge is 0.398 e. The van der Waals surface area contributed by atoms with E-state index >= 15 is 0 Å². The zero-order valence-electron chi connectivity index (χ0n) is 14.1. The molecule has 134 valence electrons. The van der Waals surface area contributed by atoms with E-state index in [2.05, 4.69) is 16.9 Å². The number of pyridine rings is 1. The van der Waals surface area contributed by atoms with Gasteiger partial charge in [0.2, 0.25) is 5.91 Å². The molecule has 8 heteroatoms. The molecule has 26 heavy (non-hydrogen) atoms. The van der Waals surface area contributed by atoms with Gasteiger partial charge in [0.15, 0.2) is 0 Å². The SMILES string of the molecule is C#N.Nc1cc(N2CCC(O)C2=O)cc2cc(NC(=O)C3CC3)ncc12. The summed E-state index contributed by atoms with van der Waals surface area (Å²) in [6.45, 7) is 3.96. The Kier molecular flexibility index (Phi) is 4.73. The third-order valence-electron chi connectivity index (χ3n) is 4.54. The molecule has 0 radical (unpaired) electrons. The van der Waals surface area contributed by atoms with Crippen molar-refractivity contribution in [3.8, 4) is 6.57 Å². The number of aliphatic hydroxyl groups is 1. The lowest BCUT2D eigenvalue weighted by molar-refractivity contribution is -0.124. The number of rotatable bonds is 3. The Morgan fingerprint density at radius 2 is 2.04 bits per heavy atom. The van der Waals surface area contributed by atoms with E-state index in [1.807, 2.05) is 6.07 Å². The number of anilines is 3. The Morgan fingerprint density at radius 1 is 1.31 bits per heavy atom. The van der Waals surface area contributed by atoms with E-state index in [9.17, 15) is 14.7 Å². The molecular weight excluding hydrogens is 334 g/mol. The summed E-state index contributed by atoms with van der Waals surface area (Å²) in [4.78, 5) is 29.7. The number of hydrogen-bond donors (Lipinski definition) is 3. The first-order chi connectivity index (χ1) is 12.5. The molecule has 1 aromatic heterocycles. The molecule has 0 bridgehead atoms. The van der Waals surface area contributed by atoms with Gasteiger partial charge in [-0.3, -0.25) is 9.59 Å². The summed E-state index contributed by atoms with van der Waals surface area (Å²) in [7, 11) is 0. The highest BCUT2D eigenvalue weighted by molar-refractivity contribution is 6.04. The molecule has 2 fully saturated rings. The fourth-order valence-electron chi connectivity index (χ4n) is 2.99. The van der Waals surface area contributed by atoms with Crippen LogP contribution in [0.2, 0.25) is 0 Å². The summed E-state index contributed by atoms with van der Waals surface area (Å²) < 4.78 is 0. The van der Waals surface area contributed by atoms with Crippen LogP contribution >= 0.6 is 0 Å². The maximum atomic E-state index is 12.0. The lowest BCUT2D eigenvalue weighted by atomic mass is 10.1. The van der Waals surface area contributed by atoms with Gasteiger partial charge < -0.3 is 21.1 Å². The van der Waals surface area contributed by atoms with Crippen LogP contribution in [0.4, 0.5) is 17.2 Å². The van der Waals surface area contributed by atoms with Crippen molar-refractivity contribution < 1.29 is 14.7 Å². The Hall–Kier alpha value is -3.18. The third-order valence-corrected chi connectivity index (χ3v) is 4.54. The van der Waals surface area contributed by atoms with Crippen LogP contribution in [0.5, 0.6) is 0 Å². The first-order valence-electron chi connectivity index (χ1n) is 8.28. The molecule has 1 saturated heterocycles. The van der Waals surface area contributed by atoms with Crippen molar-refractivity contribution in [1.82, 2.24) is 4.98 Å². The molecule has 1 aromatic carbocycles. The molecule has 1 saturated carbocycles. The second-order valence-corrected chi connectivity index (χ2v) is 6.38. The zero-order chi connectivity index (χ0) is 18.8. The number of amides is 2. The monoisotopic (exact) mass is 353 g/mol. The zero-order valence-corrected chi connectivity index (χ0v) is 14.1. The van der Waals surface area contributed by atoms with Gasteiger partial charge in [-0.2, -0.15) is 0 Å². The van der Waals surface area contributed by atoms with E-state index < -0.39 is 6.10 Å². The van der Waals surface area contributed by atoms with Gasteiger partial charge in [0.25, 0.3) is 5.91 Å². The van der Waals surface area contributed by atoms with Gasteiger partial charge in [-0.1, -0.05) is 0 Å². The van der Waals surface area contributed by atoms with Crippen molar-refractivity contribution in [3.05, 3.63) is 24.4 Å². The van der Waals surface area contributed by atoms with Crippen molar-refractivity contribution in [3.63, 3.8) is 0 Å². The second-order valence-electron chi connectivity index (χ2n) is 6.38.